The fourth-order valence-corrected chi connectivity index (χ4v) is 4.48. The van der Waals surface area contributed by atoms with Crippen LogP contribution in [0.15, 0.2) is 11.6 Å². The van der Waals surface area contributed by atoms with Crippen molar-refractivity contribution in [3.63, 3.8) is 0 Å². The second-order valence-electron chi connectivity index (χ2n) is 8.06. The first kappa shape index (κ1) is 26.2. The van der Waals surface area contributed by atoms with Crippen molar-refractivity contribution >= 4 is 23.9 Å². The van der Waals surface area contributed by atoms with Crippen molar-refractivity contribution in [3.05, 3.63) is 34.3 Å². The maximum Gasteiger partial charge on any atom is 0.357 e. The number of nitrogens with zero attached hydrogens (tertiary/aromatic N) is 2. The molecule has 168 valence electrons. The second kappa shape index (κ2) is 11.0. The quantitative estimate of drug-likeness (QED) is 0.379. The van der Waals surface area contributed by atoms with E-state index >= 15 is 0 Å². The van der Waals surface area contributed by atoms with E-state index < -0.39 is 0 Å². The maximum atomic E-state index is 12.4. The smallest absolute Gasteiger partial charge is 0.357 e. The SMILES string of the molecule is CCCCCCCc1c2c(C)c(C(=O)OCC)nc-2cc2n1C(C)C(C)=C2C.Cl.O. The average Bonchev–Trinajstić information content (AvgIpc) is 3.11. The van der Waals surface area contributed by atoms with Gasteiger partial charge in [-0.25, -0.2) is 9.78 Å². The second-order valence-corrected chi connectivity index (χ2v) is 8.06. The predicted molar refractivity (Wildman–Crippen MR) is 126 cm³/mol. The summed E-state index contributed by atoms with van der Waals surface area (Å²) in [5.41, 5.74) is 8.83. The van der Waals surface area contributed by atoms with Crippen molar-refractivity contribution in [2.75, 3.05) is 6.61 Å². The number of ether oxygens (including phenoxy) is 1. The molecule has 0 amide bonds. The number of fused-ring (bicyclic) bond motifs is 2. The number of hydrogen-bond donors (Lipinski definition) is 0. The van der Waals surface area contributed by atoms with Gasteiger partial charge in [0.05, 0.1) is 18.3 Å². The third-order valence-corrected chi connectivity index (χ3v) is 6.31. The van der Waals surface area contributed by atoms with Gasteiger partial charge in [0.2, 0.25) is 0 Å². The molecule has 3 heterocycles. The zero-order valence-electron chi connectivity index (χ0n) is 19.2. The van der Waals surface area contributed by atoms with Crippen molar-refractivity contribution in [3.8, 4) is 11.3 Å². The van der Waals surface area contributed by atoms with E-state index in [1.165, 1.54) is 54.6 Å². The lowest BCUT2D eigenvalue weighted by molar-refractivity contribution is 0.0519. The van der Waals surface area contributed by atoms with E-state index in [2.05, 4.69) is 38.3 Å². The minimum Gasteiger partial charge on any atom is -0.461 e. The highest BCUT2D eigenvalue weighted by Crippen LogP contribution is 2.43. The molecule has 2 N–H and O–H groups in total. The maximum absolute atomic E-state index is 12.4. The molecule has 6 heteroatoms. The molecule has 1 atom stereocenters. The Hall–Kier alpha value is -1.85. The molecule has 0 radical (unpaired) electrons. The van der Waals surface area contributed by atoms with Gasteiger partial charge in [0.15, 0.2) is 5.69 Å². The van der Waals surface area contributed by atoms with E-state index in [0.717, 1.165) is 23.2 Å². The van der Waals surface area contributed by atoms with Gasteiger partial charge in [0.1, 0.15) is 0 Å². The molecule has 0 saturated carbocycles. The number of pyridine rings is 1. The van der Waals surface area contributed by atoms with Gasteiger partial charge in [-0.05, 0) is 70.2 Å². The van der Waals surface area contributed by atoms with E-state index in [1.807, 2.05) is 13.8 Å². The Kier molecular flexibility index (Phi) is 9.57. The van der Waals surface area contributed by atoms with Gasteiger partial charge in [-0.1, -0.05) is 32.6 Å². The number of allylic oxidation sites excluding steroid dienone is 2. The molecule has 30 heavy (non-hydrogen) atoms. The van der Waals surface area contributed by atoms with Gasteiger partial charge in [0, 0.05) is 17.0 Å². The Morgan fingerprint density at radius 3 is 2.43 bits per heavy atom. The number of aromatic nitrogens is 2. The summed E-state index contributed by atoms with van der Waals surface area (Å²) in [5, 5.41) is 0. The Morgan fingerprint density at radius 1 is 1.13 bits per heavy atom. The number of esters is 1. The molecule has 0 aliphatic carbocycles. The van der Waals surface area contributed by atoms with Crippen molar-refractivity contribution in [2.24, 2.45) is 0 Å². The van der Waals surface area contributed by atoms with Crippen molar-refractivity contribution in [2.45, 2.75) is 86.1 Å². The van der Waals surface area contributed by atoms with Crippen LogP contribution in [0.25, 0.3) is 16.8 Å². The average molecular weight is 437 g/mol. The molecular weight excluding hydrogens is 400 g/mol. The van der Waals surface area contributed by atoms with E-state index in [4.69, 9.17) is 9.72 Å². The highest BCUT2D eigenvalue weighted by molar-refractivity contribution is 5.94. The van der Waals surface area contributed by atoms with E-state index in [9.17, 15) is 4.79 Å². The number of unbranched alkanes of at least 4 members (excludes halogenated alkanes) is 4. The summed E-state index contributed by atoms with van der Waals surface area (Å²) in [4.78, 5) is 17.1. The molecule has 5 nitrogen and oxygen atoms in total. The van der Waals surface area contributed by atoms with Crippen LogP contribution in [-0.4, -0.2) is 27.6 Å². The minimum absolute atomic E-state index is 0. The minimum atomic E-state index is -0.313. The Balaban J connectivity index is 0.00000225. The van der Waals surface area contributed by atoms with Crippen LogP contribution in [-0.2, 0) is 11.2 Å². The van der Waals surface area contributed by atoms with Gasteiger partial charge in [-0.3, -0.25) is 0 Å². The molecule has 0 aromatic rings. The molecule has 0 saturated heterocycles. The molecule has 0 aromatic carbocycles. The molecule has 0 spiro atoms. The van der Waals surface area contributed by atoms with Crippen LogP contribution >= 0.6 is 12.4 Å². The van der Waals surface area contributed by atoms with Gasteiger partial charge in [-0.2, -0.15) is 0 Å². The zero-order chi connectivity index (χ0) is 20.4. The van der Waals surface area contributed by atoms with Crippen LogP contribution in [0.1, 0.15) is 100 Å². The summed E-state index contributed by atoms with van der Waals surface area (Å²) in [6, 6.07) is 2.51. The molecule has 3 aliphatic heterocycles. The van der Waals surface area contributed by atoms with Crippen molar-refractivity contribution in [1.82, 2.24) is 9.55 Å². The summed E-state index contributed by atoms with van der Waals surface area (Å²) in [7, 11) is 0. The van der Waals surface area contributed by atoms with Crippen LogP contribution < -0.4 is 0 Å². The first-order valence-corrected chi connectivity index (χ1v) is 10.8. The van der Waals surface area contributed by atoms with Crippen molar-refractivity contribution in [1.29, 1.82) is 0 Å². The Labute approximate surface area is 187 Å². The third kappa shape index (κ3) is 4.57. The first-order valence-electron chi connectivity index (χ1n) is 10.8. The fourth-order valence-electron chi connectivity index (χ4n) is 4.48. The molecular formula is C24H37ClN2O3. The summed E-state index contributed by atoms with van der Waals surface area (Å²) in [6.45, 7) is 13.2. The van der Waals surface area contributed by atoms with Crippen LogP contribution in [0.5, 0.6) is 0 Å². The third-order valence-electron chi connectivity index (χ3n) is 6.31. The Bertz CT molecular complexity index is 885. The summed E-state index contributed by atoms with van der Waals surface area (Å²) in [6.07, 6.45) is 7.29. The standard InChI is InChI=1S/C24H34N2O2.ClH.H2O/c1-7-9-10-11-12-13-20-22-17(5)23(24(27)28-8-2)25-19(22)14-21-16(4)15(3)18(6)26(20)21;;/h14,18H,7-13H2,1-6H3;1H;1H2. The molecule has 0 bridgehead atoms. The predicted octanol–water partition coefficient (Wildman–Crippen LogP) is 5.95. The largest absolute Gasteiger partial charge is 0.461 e. The molecule has 3 aliphatic rings. The fraction of sp³-hybridized carbons (Fsp3) is 0.583. The van der Waals surface area contributed by atoms with Gasteiger partial charge < -0.3 is 14.8 Å². The molecule has 3 rings (SSSR count). The summed E-state index contributed by atoms with van der Waals surface area (Å²) >= 11 is 0. The van der Waals surface area contributed by atoms with Crippen LogP contribution in [0.4, 0.5) is 0 Å². The van der Waals surface area contributed by atoms with Gasteiger partial charge in [0.25, 0.3) is 0 Å². The van der Waals surface area contributed by atoms with Crippen molar-refractivity contribution < 1.29 is 15.0 Å². The lowest BCUT2D eigenvalue weighted by atomic mass is 9.98. The summed E-state index contributed by atoms with van der Waals surface area (Å²) in [5.74, 6) is -0.313. The van der Waals surface area contributed by atoms with Gasteiger partial charge >= 0.3 is 5.97 Å². The molecule has 1 unspecified atom stereocenters. The van der Waals surface area contributed by atoms with E-state index in [1.54, 1.807) is 0 Å². The number of carbonyl (C=O) groups is 1. The monoisotopic (exact) mass is 436 g/mol. The highest BCUT2D eigenvalue weighted by atomic mass is 35.5. The molecule has 0 aromatic heterocycles. The number of rotatable bonds is 8. The zero-order valence-corrected chi connectivity index (χ0v) is 20.0. The van der Waals surface area contributed by atoms with Crippen LogP contribution in [0.2, 0.25) is 0 Å². The van der Waals surface area contributed by atoms with E-state index in [0.29, 0.717) is 18.3 Å². The highest BCUT2D eigenvalue weighted by Gasteiger charge is 2.31. The van der Waals surface area contributed by atoms with Gasteiger partial charge in [-0.15, -0.1) is 12.4 Å². The Morgan fingerprint density at radius 2 is 1.80 bits per heavy atom. The number of carbonyl (C=O) groups excluding carboxylic acids is 1. The van der Waals surface area contributed by atoms with E-state index in [-0.39, 0.29) is 23.9 Å². The topological polar surface area (TPSA) is 75.6 Å². The van der Waals surface area contributed by atoms with Crippen LogP contribution in [0, 0.1) is 6.92 Å². The van der Waals surface area contributed by atoms with Crippen LogP contribution in [0.3, 0.4) is 0 Å². The normalized spacial score (nSPS) is 15.1. The number of hydrogen-bond acceptors (Lipinski definition) is 3. The first-order chi connectivity index (χ1) is 13.4. The number of halogens is 1. The lowest BCUT2D eigenvalue weighted by Gasteiger charge is -2.22. The lowest BCUT2D eigenvalue weighted by Crippen LogP contribution is -2.13. The molecule has 0 fully saturated rings. The summed E-state index contributed by atoms with van der Waals surface area (Å²) < 4.78 is 7.73.